The molecule has 4 nitrogen and oxygen atoms in total. The third kappa shape index (κ3) is 4.37. The van der Waals surface area contributed by atoms with Crippen molar-refractivity contribution in [1.82, 2.24) is 4.90 Å². The fraction of sp³-hybridized carbons (Fsp3) is 0.500. The quantitative estimate of drug-likeness (QED) is 0.722. The molecule has 0 unspecified atom stereocenters. The van der Waals surface area contributed by atoms with Crippen molar-refractivity contribution >= 4 is 11.7 Å². The summed E-state index contributed by atoms with van der Waals surface area (Å²) in [6.45, 7) is 4.16. The molecule has 0 fully saturated rings. The Bertz CT molecular complexity index is 374. The van der Waals surface area contributed by atoms with Gasteiger partial charge in [0.25, 0.3) is 0 Å². The van der Waals surface area contributed by atoms with Crippen molar-refractivity contribution in [3.8, 4) is 0 Å². The molecule has 1 aromatic carbocycles. The molecule has 0 aliphatic carbocycles. The average molecular weight is 250 g/mol. The van der Waals surface area contributed by atoms with Gasteiger partial charge in [-0.1, -0.05) is 0 Å². The van der Waals surface area contributed by atoms with E-state index in [0.29, 0.717) is 12.2 Å². The number of hydrogen-bond donors (Lipinski definition) is 0. The van der Waals surface area contributed by atoms with E-state index in [4.69, 9.17) is 4.74 Å². The molecule has 1 rings (SSSR count). The van der Waals surface area contributed by atoms with E-state index in [2.05, 4.69) is 23.9 Å². The molecule has 0 saturated heterocycles. The predicted molar refractivity (Wildman–Crippen MR) is 74.2 cm³/mol. The van der Waals surface area contributed by atoms with E-state index in [1.54, 1.807) is 19.1 Å². The molecule has 0 N–H and O–H groups in total. The number of ether oxygens (including phenoxy) is 1. The molecule has 0 bridgehead atoms. The Balaban J connectivity index is 2.61. The van der Waals surface area contributed by atoms with Crippen LogP contribution in [0.5, 0.6) is 0 Å². The molecule has 0 atom stereocenters. The molecule has 0 aromatic heterocycles. The maximum atomic E-state index is 11.5. The van der Waals surface area contributed by atoms with Crippen LogP contribution in [0.25, 0.3) is 0 Å². The van der Waals surface area contributed by atoms with Gasteiger partial charge < -0.3 is 14.5 Å². The summed E-state index contributed by atoms with van der Waals surface area (Å²) in [5.41, 5.74) is 1.70. The van der Waals surface area contributed by atoms with E-state index in [0.717, 1.165) is 18.8 Å². The molecular formula is C14H22N2O2. The second kappa shape index (κ2) is 7.01. The van der Waals surface area contributed by atoms with Crippen molar-refractivity contribution in [1.29, 1.82) is 0 Å². The number of anilines is 1. The van der Waals surface area contributed by atoms with Crippen molar-refractivity contribution in [3.63, 3.8) is 0 Å². The van der Waals surface area contributed by atoms with Gasteiger partial charge in [0.1, 0.15) is 0 Å². The molecule has 0 radical (unpaired) electrons. The average Bonchev–Trinajstić information content (AvgIpc) is 2.36. The lowest BCUT2D eigenvalue weighted by molar-refractivity contribution is 0.0526. The lowest BCUT2D eigenvalue weighted by Crippen LogP contribution is -2.28. The number of benzene rings is 1. The van der Waals surface area contributed by atoms with Crippen LogP contribution in [0, 0.1) is 0 Å². The maximum Gasteiger partial charge on any atom is 0.338 e. The van der Waals surface area contributed by atoms with Gasteiger partial charge in [0, 0.05) is 25.8 Å². The monoisotopic (exact) mass is 250 g/mol. The van der Waals surface area contributed by atoms with Crippen molar-refractivity contribution in [2.75, 3.05) is 45.7 Å². The van der Waals surface area contributed by atoms with E-state index >= 15 is 0 Å². The minimum Gasteiger partial charge on any atom is -0.462 e. The Morgan fingerprint density at radius 1 is 1.11 bits per heavy atom. The Hall–Kier alpha value is -1.55. The fourth-order valence-corrected chi connectivity index (χ4v) is 1.55. The van der Waals surface area contributed by atoms with Gasteiger partial charge in [-0.05, 0) is 45.3 Å². The number of nitrogens with zero attached hydrogens (tertiary/aromatic N) is 2. The molecule has 0 saturated carbocycles. The number of carbonyl (C=O) groups excluding carboxylic acids is 1. The molecule has 1 aromatic rings. The number of carbonyl (C=O) groups is 1. The molecule has 100 valence electrons. The minimum absolute atomic E-state index is 0.264. The summed E-state index contributed by atoms with van der Waals surface area (Å²) in [5, 5.41) is 0. The summed E-state index contributed by atoms with van der Waals surface area (Å²) >= 11 is 0. The zero-order valence-electron chi connectivity index (χ0n) is 11.6. The van der Waals surface area contributed by atoms with Gasteiger partial charge in [0.05, 0.1) is 12.2 Å². The molecule has 0 aliphatic heterocycles. The fourth-order valence-electron chi connectivity index (χ4n) is 1.55. The number of hydrogen-bond acceptors (Lipinski definition) is 4. The Labute approximate surface area is 109 Å². The topological polar surface area (TPSA) is 32.8 Å². The van der Waals surface area contributed by atoms with Crippen molar-refractivity contribution in [2.45, 2.75) is 6.92 Å². The first-order chi connectivity index (χ1) is 8.54. The first-order valence-electron chi connectivity index (χ1n) is 6.17. The number of likely N-dealkylation sites (N-methyl/N-ethyl adjacent to an activating group) is 2. The first kappa shape index (κ1) is 14.5. The van der Waals surface area contributed by atoms with E-state index in [9.17, 15) is 4.79 Å². The predicted octanol–water partition coefficient (Wildman–Crippen LogP) is 1.86. The van der Waals surface area contributed by atoms with Crippen molar-refractivity contribution in [3.05, 3.63) is 29.8 Å². The van der Waals surface area contributed by atoms with Crippen LogP contribution in [0.4, 0.5) is 5.69 Å². The Kier molecular flexibility index (Phi) is 5.65. The summed E-state index contributed by atoms with van der Waals surface area (Å²) in [7, 11) is 6.15. The maximum absolute atomic E-state index is 11.5. The molecule has 0 aliphatic rings. The van der Waals surface area contributed by atoms with Crippen LogP contribution in [0.1, 0.15) is 17.3 Å². The van der Waals surface area contributed by atoms with Gasteiger partial charge in [0.15, 0.2) is 0 Å². The van der Waals surface area contributed by atoms with Crippen LogP contribution in [-0.4, -0.2) is 51.7 Å². The summed E-state index contributed by atoms with van der Waals surface area (Å²) in [6.07, 6.45) is 0. The van der Waals surface area contributed by atoms with Crippen LogP contribution in [0.2, 0.25) is 0 Å². The van der Waals surface area contributed by atoms with Crippen LogP contribution in [0.3, 0.4) is 0 Å². The van der Waals surface area contributed by atoms with Crippen molar-refractivity contribution < 1.29 is 9.53 Å². The summed E-state index contributed by atoms with van der Waals surface area (Å²) in [6, 6.07) is 7.50. The highest BCUT2D eigenvalue weighted by Gasteiger charge is 2.07. The smallest absolute Gasteiger partial charge is 0.338 e. The normalized spacial score (nSPS) is 10.5. The van der Waals surface area contributed by atoms with E-state index in [1.807, 2.05) is 19.2 Å². The van der Waals surface area contributed by atoms with E-state index in [1.165, 1.54) is 0 Å². The van der Waals surface area contributed by atoms with Gasteiger partial charge in [-0.3, -0.25) is 0 Å². The van der Waals surface area contributed by atoms with Gasteiger partial charge >= 0.3 is 5.97 Å². The molecule has 0 heterocycles. The lowest BCUT2D eigenvalue weighted by atomic mass is 10.2. The molecule has 18 heavy (non-hydrogen) atoms. The second-order valence-corrected chi connectivity index (χ2v) is 4.49. The highest BCUT2D eigenvalue weighted by molar-refractivity contribution is 5.89. The van der Waals surface area contributed by atoms with E-state index in [-0.39, 0.29) is 5.97 Å². The minimum atomic E-state index is -0.264. The zero-order valence-corrected chi connectivity index (χ0v) is 11.6. The largest absolute Gasteiger partial charge is 0.462 e. The van der Waals surface area contributed by atoms with Crippen LogP contribution in [-0.2, 0) is 4.74 Å². The molecule has 4 heteroatoms. The summed E-state index contributed by atoms with van der Waals surface area (Å²) in [4.78, 5) is 15.8. The summed E-state index contributed by atoms with van der Waals surface area (Å²) in [5.74, 6) is -0.264. The zero-order chi connectivity index (χ0) is 13.5. The standard InChI is InChI=1S/C14H22N2O2/c1-5-18-14(17)12-6-8-13(9-7-12)16(4)11-10-15(2)3/h6-9H,5,10-11H2,1-4H3. The molecule has 0 spiro atoms. The lowest BCUT2D eigenvalue weighted by Gasteiger charge is -2.21. The van der Waals surface area contributed by atoms with Crippen molar-refractivity contribution in [2.24, 2.45) is 0 Å². The van der Waals surface area contributed by atoms with Crippen LogP contribution >= 0.6 is 0 Å². The third-order valence-corrected chi connectivity index (χ3v) is 2.70. The van der Waals surface area contributed by atoms with Gasteiger partial charge in [-0.2, -0.15) is 0 Å². The van der Waals surface area contributed by atoms with Crippen LogP contribution < -0.4 is 4.90 Å². The Morgan fingerprint density at radius 3 is 2.22 bits per heavy atom. The van der Waals surface area contributed by atoms with E-state index < -0.39 is 0 Å². The summed E-state index contributed by atoms with van der Waals surface area (Å²) < 4.78 is 4.95. The first-order valence-corrected chi connectivity index (χ1v) is 6.17. The number of esters is 1. The molecule has 0 amide bonds. The van der Waals surface area contributed by atoms with Gasteiger partial charge in [0.2, 0.25) is 0 Å². The highest BCUT2D eigenvalue weighted by atomic mass is 16.5. The highest BCUT2D eigenvalue weighted by Crippen LogP contribution is 2.14. The van der Waals surface area contributed by atoms with Gasteiger partial charge in [-0.15, -0.1) is 0 Å². The SMILES string of the molecule is CCOC(=O)c1ccc(N(C)CCN(C)C)cc1. The second-order valence-electron chi connectivity index (χ2n) is 4.49. The third-order valence-electron chi connectivity index (χ3n) is 2.70. The molecular weight excluding hydrogens is 228 g/mol. The van der Waals surface area contributed by atoms with Crippen LogP contribution in [0.15, 0.2) is 24.3 Å². The Morgan fingerprint density at radius 2 is 1.72 bits per heavy atom. The number of rotatable bonds is 6. The van der Waals surface area contributed by atoms with Gasteiger partial charge in [-0.25, -0.2) is 4.79 Å².